The van der Waals surface area contributed by atoms with Crippen LogP contribution in [-0.4, -0.2) is 40.2 Å². The predicted molar refractivity (Wildman–Crippen MR) is 80.6 cm³/mol. The van der Waals surface area contributed by atoms with Gasteiger partial charge in [-0.15, -0.1) is 16.4 Å². The average Bonchev–Trinajstić information content (AvgIpc) is 2.94. The number of carbonyl (C=O) groups excluding carboxylic acids is 1. The first-order chi connectivity index (χ1) is 10.2. The predicted octanol–water partition coefficient (Wildman–Crippen LogP) is 2.53. The van der Waals surface area contributed by atoms with E-state index in [0.717, 1.165) is 29.8 Å². The molecule has 5 nitrogen and oxygen atoms in total. The molecule has 0 radical (unpaired) electrons. The molecular formula is C15H17N3O2S. The molecule has 1 unspecified atom stereocenters. The average molecular weight is 303 g/mol. The molecule has 3 rings (SSSR count). The van der Waals surface area contributed by atoms with Gasteiger partial charge < -0.3 is 9.64 Å². The second-order valence-corrected chi connectivity index (χ2v) is 6.09. The van der Waals surface area contributed by atoms with Crippen molar-refractivity contribution in [3.05, 3.63) is 40.2 Å². The zero-order valence-electron chi connectivity index (χ0n) is 11.9. The monoisotopic (exact) mass is 303 g/mol. The Balaban J connectivity index is 1.64. The molecule has 0 spiro atoms. The third-order valence-electron chi connectivity index (χ3n) is 3.44. The number of aryl methyl sites for hydroxylation is 1. The molecule has 110 valence electrons. The molecule has 0 saturated carbocycles. The van der Waals surface area contributed by atoms with Crippen LogP contribution in [0.1, 0.15) is 28.1 Å². The first-order valence-electron chi connectivity index (χ1n) is 7.01. The number of carbonyl (C=O) groups is 1. The molecule has 0 aromatic carbocycles. The molecule has 1 atom stereocenters. The number of nitrogens with zero attached hydrogens (tertiary/aromatic N) is 3. The summed E-state index contributed by atoms with van der Waals surface area (Å²) in [5.74, 6) is 0.615. The SMILES string of the molecule is Cc1csc(C(=O)N2CCCC(Oc3cccnn3)C2)c1. The van der Waals surface area contributed by atoms with Gasteiger partial charge in [0.05, 0.1) is 11.4 Å². The van der Waals surface area contributed by atoms with Gasteiger partial charge in [-0.1, -0.05) is 0 Å². The Morgan fingerprint density at radius 2 is 2.43 bits per heavy atom. The van der Waals surface area contributed by atoms with E-state index in [2.05, 4.69) is 10.2 Å². The highest BCUT2D eigenvalue weighted by atomic mass is 32.1. The molecule has 21 heavy (non-hydrogen) atoms. The Bertz CT molecular complexity index is 614. The van der Waals surface area contributed by atoms with Crippen LogP contribution < -0.4 is 4.74 Å². The van der Waals surface area contributed by atoms with Gasteiger partial charge in [0, 0.05) is 18.8 Å². The van der Waals surface area contributed by atoms with E-state index in [1.165, 1.54) is 11.3 Å². The number of amides is 1. The van der Waals surface area contributed by atoms with Crippen molar-refractivity contribution in [1.29, 1.82) is 0 Å². The zero-order chi connectivity index (χ0) is 14.7. The number of rotatable bonds is 3. The Morgan fingerprint density at radius 3 is 3.14 bits per heavy atom. The van der Waals surface area contributed by atoms with E-state index in [4.69, 9.17) is 4.74 Å². The van der Waals surface area contributed by atoms with Crippen LogP contribution in [0.5, 0.6) is 5.88 Å². The van der Waals surface area contributed by atoms with Crippen molar-refractivity contribution in [3.8, 4) is 5.88 Å². The smallest absolute Gasteiger partial charge is 0.264 e. The summed E-state index contributed by atoms with van der Waals surface area (Å²) in [4.78, 5) is 15.1. The normalized spacial score (nSPS) is 18.5. The molecule has 1 fully saturated rings. The molecule has 1 aliphatic rings. The van der Waals surface area contributed by atoms with Crippen LogP contribution in [0.3, 0.4) is 0 Å². The molecular weight excluding hydrogens is 286 g/mol. The van der Waals surface area contributed by atoms with Gasteiger partial charge in [-0.05, 0) is 42.8 Å². The van der Waals surface area contributed by atoms with Gasteiger partial charge >= 0.3 is 0 Å². The topological polar surface area (TPSA) is 55.3 Å². The largest absolute Gasteiger partial charge is 0.471 e. The van der Waals surface area contributed by atoms with E-state index in [-0.39, 0.29) is 12.0 Å². The van der Waals surface area contributed by atoms with Crippen molar-refractivity contribution in [3.63, 3.8) is 0 Å². The van der Waals surface area contributed by atoms with Gasteiger partial charge in [-0.3, -0.25) is 4.79 Å². The molecule has 1 amide bonds. The minimum atomic E-state index is -0.0135. The van der Waals surface area contributed by atoms with Crippen LogP contribution in [0.25, 0.3) is 0 Å². The first kappa shape index (κ1) is 14.0. The summed E-state index contributed by atoms with van der Waals surface area (Å²) >= 11 is 1.50. The van der Waals surface area contributed by atoms with Gasteiger partial charge in [0.2, 0.25) is 5.88 Å². The van der Waals surface area contributed by atoms with E-state index < -0.39 is 0 Å². The molecule has 0 bridgehead atoms. The Labute approximate surface area is 127 Å². The van der Waals surface area contributed by atoms with E-state index in [0.29, 0.717) is 12.4 Å². The molecule has 2 aromatic rings. The Hall–Kier alpha value is -1.95. The van der Waals surface area contributed by atoms with Crippen LogP contribution in [0.4, 0.5) is 0 Å². The first-order valence-corrected chi connectivity index (χ1v) is 7.89. The lowest BCUT2D eigenvalue weighted by Crippen LogP contribution is -2.44. The van der Waals surface area contributed by atoms with Crippen LogP contribution in [0.15, 0.2) is 29.8 Å². The fraction of sp³-hybridized carbons (Fsp3) is 0.400. The molecule has 1 saturated heterocycles. The summed E-state index contributed by atoms with van der Waals surface area (Å²) < 4.78 is 5.81. The van der Waals surface area contributed by atoms with Crippen LogP contribution >= 0.6 is 11.3 Å². The number of aromatic nitrogens is 2. The molecule has 0 N–H and O–H groups in total. The number of ether oxygens (including phenoxy) is 1. The number of hydrogen-bond donors (Lipinski definition) is 0. The maximum atomic E-state index is 12.5. The lowest BCUT2D eigenvalue weighted by atomic mass is 10.1. The van der Waals surface area contributed by atoms with Crippen LogP contribution in [-0.2, 0) is 0 Å². The number of likely N-dealkylation sites (tertiary alicyclic amines) is 1. The van der Waals surface area contributed by atoms with Crippen molar-refractivity contribution in [2.24, 2.45) is 0 Å². The maximum absolute atomic E-state index is 12.5. The molecule has 2 aromatic heterocycles. The second kappa shape index (κ2) is 6.22. The van der Waals surface area contributed by atoms with Crippen molar-refractivity contribution in [2.75, 3.05) is 13.1 Å². The van der Waals surface area contributed by atoms with Crippen molar-refractivity contribution >= 4 is 17.2 Å². The lowest BCUT2D eigenvalue weighted by Gasteiger charge is -2.32. The second-order valence-electron chi connectivity index (χ2n) is 5.18. The summed E-state index contributed by atoms with van der Waals surface area (Å²) in [6.45, 7) is 3.39. The third-order valence-corrected chi connectivity index (χ3v) is 4.48. The van der Waals surface area contributed by atoms with Gasteiger partial charge in [-0.2, -0.15) is 5.10 Å². The van der Waals surface area contributed by atoms with Gasteiger partial charge in [0.25, 0.3) is 5.91 Å². The van der Waals surface area contributed by atoms with Crippen molar-refractivity contribution < 1.29 is 9.53 Å². The quantitative estimate of drug-likeness (QED) is 0.874. The number of hydrogen-bond acceptors (Lipinski definition) is 5. The van der Waals surface area contributed by atoms with Crippen molar-refractivity contribution in [1.82, 2.24) is 15.1 Å². The van der Waals surface area contributed by atoms with Gasteiger partial charge in [0.1, 0.15) is 6.10 Å². The zero-order valence-corrected chi connectivity index (χ0v) is 12.7. The number of piperidine rings is 1. The van der Waals surface area contributed by atoms with E-state index >= 15 is 0 Å². The highest BCUT2D eigenvalue weighted by Crippen LogP contribution is 2.21. The lowest BCUT2D eigenvalue weighted by molar-refractivity contribution is 0.0530. The van der Waals surface area contributed by atoms with Crippen LogP contribution in [0, 0.1) is 6.92 Å². The highest BCUT2D eigenvalue weighted by Gasteiger charge is 2.26. The standard InChI is InChI=1S/C15H17N3O2S/c1-11-8-13(21-10-11)15(19)18-7-3-4-12(9-18)20-14-5-2-6-16-17-14/h2,5-6,8,10,12H,3-4,7,9H2,1H3. The van der Waals surface area contributed by atoms with Crippen molar-refractivity contribution in [2.45, 2.75) is 25.9 Å². The minimum Gasteiger partial charge on any atom is -0.471 e. The molecule has 6 heteroatoms. The molecule has 0 aliphatic carbocycles. The summed E-state index contributed by atoms with van der Waals surface area (Å²) in [5.41, 5.74) is 1.13. The maximum Gasteiger partial charge on any atom is 0.264 e. The number of thiophene rings is 1. The summed E-state index contributed by atoms with van der Waals surface area (Å²) in [7, 11) is 0. The van der Waals surface area contributed by atoms with Crippen LogP contribution in [0.2, 0.25) is 0 Å². The summed E-state index contributed by atoms with van der Waals surface area (Å²) in [5, 5.41) is 9.74. The fourth-order valence-corrected chi connectivity index (χ4v) is 3.30. The van der Waals surface area contributed by atoms with E-state index in [9.17, 15) is 4.79 Å². The molecule has 3 heterocycles. The van der Waals surface area contributed by atoms with Gasteiger partial charge in [-0.25, -0.2) is 0 Å². The third kappa shape index (κ3) is 3.39. The summed E-state index contributed by atoms with van der Waals surface area (Å²) in [6, 6.07) is 5.53. The fourth-order valence-electron chi connectivity index (χ4n) is 2.44. The summed E-state index contributed by atoms with van der Waals surface area (Å²) in [6.07, 6.45) is 3.48. The highest BCUT2D eigenvalue weighted by molar-refractivity contribution is 7.12. The Morgan fingerprint density at radius 1 is 1.52 bits per heavy atom. The van der Waals surface area contributed by atoms with E-state index in [1.54, 1.807) is 18.3 Å². The minimum absolute atomic E-state index is 0.0135. The molecule has 1 aliphatic heterocycles. The van der Waals surface area contributed by atoms with E-state index in [1.807, 2.05) is 23.3 Å². The van der Waals surface area contributed by atoms with Gasteiger partial charge in [0.15, 0.2) is 0 Å². The Kier molecular flexibility index (Phi) is 4.15.